The average molecular weight is 205 g/mol. The number of carbonyl (C=O) groups excluding carboxylic acids is 2. The van der Waals surface area contributed by atoms with Gasteiger partial charge in [-0.3, -0.25) is 9.59 Å². The topological polar surface area (TPSA) is 82.0 Å². The summed E-state index contributed by atoms with van der Waals surface area (Å²) < 4.78 is 9.56. The van der Waals surface area contributed by atoms with Crippen LogP contribution in [-0.2, 0) is 19.1 Å². The van der Waals surface area contributed by atoms with Crippen LogP contribution in [0.4, 0.5) is 0 Å². The van der Waals surface area contributed by atoms with E-state index < -0.39 is 23.6 Å². The Morgan fingerprint density at radius 2 is 2.31 bits per heavy atom. The number of esters is 1. The van der Waals surface area contributed by atoms with Crippen molar-refractivity contribution in [3.05, 3.63) is 4.91 Å². The maximum atomic E-state index is 10.7. The van der Waals surface area contributed by atoms with Crippen molar-refractivity contribution in [2.45, 2.75) is 18.6 Å². The molecule has 1 aliphatic rings. The Kier molecular flexibility index (Phi) is 3.38. The van der Waals surface area contributed by atoms with E-state index in [2.05, 4.69) is 9.91 Å². The predicted molar refractivity (Wildman–Crippen MR) is 43.7 cm³/mol. The Hall–Kier alpha value is -0.950. The molecule has 1 amide bonds. The van der Waals surface area contributed by atoms with E-state index in [0.717, 1.165) is 11.8 Å². The zero-order valence-electron chi connectivity index (χ0n) is 6.76. The maximum absolute atomic E-state index is 10.7. The molecule has 0 spiro atoms. The number of ether oxygens (including phenoxy) is 2. The third-order valence-corrected chi connectivity index (χ3v) is 2.33. The number of carbonyl (C=O) groups is 2. The number of hydrogen-bond acceptors (Lipinski definition) is 6. The second-order valence-electron chi connectivity index (χ2n) is 2.27. The summed E-state index contributed by atoms with van der Waals surface area (Å²) in [4.78, 5) is 31.0. The van der Waals surface area contributed by atoms with Crippen LogP contribution in [0.25, 0.3) is 0 Å². The Morgan fingerprint density at radius 3 is 2.85 bits per heavy atom. The van der Waals surface area contributed by atoms with E-state index in [-0.39, 0.29) is 0 Å². The van der Waals surface area contributed by atoms with Gasteiger partial charge in [-0.1, -0.05) is 0 Å². The minimum Gasteiger partial charge on any atom is -0.435 e. The van der Waals surface area contributed by atoms with Gasteiger partial charge in [-0.25, -0.2) is 0 Å². The Balaban J connectivity index is 2.40. The van der Waals surface area contributed by atoms with E-state index in [1.807, 2.05) is 0 Å². The molecule has 0 saturated carbocycles. The first-order valence-electron chi connectivity index (χ1n) is 3.45. The molecule has 0 aliphatic carbocycles. The van der Waals surface area contributed by atoms with Crippen LogP contribution in [0.1, 0.15) is 6.92 Å². The molecule has 0 bridgehead atoms. The van der Waals surface area contributed by atoms with Gasteiger partial charge in [0.2, 0.25) is 6.29 Å². The van der Waals surface area contributed by atoms with E-state index in [1.54, 1.807) is 0 Å². The molecule has 7 heteroatoms. The molecule has 0 radical (unpaired) electrons. The molecule has 1 rings (SSSR count). The monoisotopic (exact) mass is 205 g/mol. The van der Waals surface area contributed by atoms with Crippen LogP contribution in [0.2, 0.25) is 0 Å². The number of nitroso groups, excluding NO2 is 1. The zero-order valence-corrected chi connectivity index (χ0v) is 7.58. The van der Waals surface area contributed by atoms with Gasteiger partial charge in [-0.2, -0.15) is 0 Å². The van der Waals surface area contributed by atoms with Crippen molar-refractivity contribution in [2.75, 3.05) is 5.75 Å². The summed E-state index contributed by atoms with van der Waals surface area (Å²) in [6, 6.07) is 0. The van der Waals surface area contributed by atoms with Crippen LogP contribution in [0, 0.1) is 4.91 Å². The van der Waals surface area contributed by atoms with E-state index in [4.69, 9.17) is 4.74 Å². The highest BCUT2D eigenvalue weighted by molar-refractivity contribution is 8.00. The molecule has 1 saturated heterocycles. The molecule has 1 aliphatic heterocycles. The van der Waals surface area contributed by atoms with Crippen LogP contribution in [-0.4, -0.2) is 29.4 Å². The fourth-order valence-electron chi connectivity index (χ4n) is 0.802. The first-order valence-corrected chi connectivity index (χ1v) is 4.50. The lowest BCUT2D eigenvalue weighted by Gasteiger charge is -2.08. The van der Waals surface area contributed by atoms with E-state index in [0.29, 0.717) is 5.75 Å². The number of hydrogen-bond donors (Lipinski definition) is 0. The summed E-state index contributed by atoms with van der Waals surface area (Å²) in [5, 5.41) is 2.21. The smallest absolute Gasteiger partial charge is 0.325 e. The Morgan fingerprint density at radius 1 is 1.62 bits per heavy atom. The third kappa shape index (κ3) is 2.78. The molecule has 1 heterocycles. The van der Waals surface area contributed by atoms with E-state index >= 15 is 0 Å². The molecule has 0 N–H and O–H groups in total. The molecule has 2 unspecified atom stereocenters. The van der Waals surface area contributed by atoms with E-state index in [1.165, 1.54) is 6.92 Å². The molecule has 2 atom stereocenters. The predicted octanol–water partition coefficient (Wildman–Crippen LogP) is 0.258. The summed E-state index contributed by atoms with van der Waals surface area (Å²) in [5.74, 6) is -1.04. The van der Waals surface area contributed by atoms with Crippen LogP contribution in [0.5, 0.6) is 0 Å². The number of rotatable bonds is 2. The molecular weight excluding hydrogens is 198 g/mol. The molecule has 0 aromatic carbocycles. The lowest BCUT2D eigenvalue weighted by molar-refractivity contribution is -0.172. The molecular formula is C6H7NO5S. The van der Waals surface area contributed by atoms with Crippen LogP contribution >= 0.6 is 11.8 Å². The maximum Gasteiger partial charge on any atom is 0.325 e. The minimum absolute atomic E-state index is 0.339. The first-order chi connectivity index (χ1) is 6.13. The largest absolute Gasteiger partial charge is 0.435 e. The van der Waals surface area contributed by atoms with Gasteiger partial charge < -0.3 is 9.47 Å². The summed E-state index contributed by atoms with van der Waals surface area (Å²) >= 11 is 1.08. The standard InChI is InChI=1S/C6H7NO5S/c1-3(8)11-4-2-13-6(12-4)5(9)7-10/h4,6H,2H2,1H3. The van der Waals surface area contributed by atoms with Crippen molar-refractivity contribution in [2.24, 2.45) is 5.18 Å². The van der Waals surface area contributed by atoms with Crippen LogP contribution in [0.3, 0.4) is 0 Å². The highest BCUT2D eigenvalue weighted by atomic mass is 32.2. The Labute approximate surface area is 77.9 Å². The van der Waals surface area contributed by atoms with Gasteiger partial charge in [-0.05, 0) is 0 Å². The quantitative estimate of drug-likeness (QED) is 0.475. The molecule has 6 nitrogen and oxygen atoms in total. The summed E-state index contributed by atoms with van der Waals surface area (Å²) in [6.07, 6.45) is -0.752. The first kappa shape index (κ1) is 10.1. The zero-order chi connectivity index (χ0) is 9.84. The van der Waals surface area contributed by atoms with Crippen molar-refractivity contribution < 1.29 is 19.1 Å². The van der Waals surface area contributed by atoms with Crippen molar-refractivity contribution in [1.29, 1.82) is 0 Å². The summed E-state index contributed by atoms with van der Waals surface area (Å²) in [6.45, 7) is 1.24. The van der Waals surface area contributed by atoms with Crippen LogP contribution < -0.4 is 0 Å². The average Bonchev–Trinajstić information content (AvgIpc) is 2.50. The van der Waals surface area contributed by atoms with Gasteiger partial charge in [-0.15, -0.1) is 16.7 Å². The van der Waals surface area contributed by atoms with E-state index in [9.17, 15) is 14.5 Å². The molecule has 72 valence electrons. The normalized spacial score (nSPS) is 26.8. The van der Waals surface area contributed by atoms with Gasteiger partial charge in [0.05, 0.1) is 5.75 Å². The summed E-state index contributed by atoms with van der Waals surface area (Å²) in [7, 11) is 0. The summed E-state index contributed by atoms with van der Waals surface area (Å²) in [5.41, 5.74) is -0.929. The number of nitrogens with zero attached hydrogens (tertiary/aromatic N) is 1. The fourth-order valence-corrected chi connectivity index (χ4v) is 1.67. The van der Waals surface area contributed by atoms with Gasteiger partial charge in [0.25, 0.3) is 0 Å². The lowest BCUT2D eigenvalue weighted by atomic mass is 10.6. The SMILES string of the molecule is CC(=O)OC1CSC(C(=O)N=O)O1. The molecule has 1 fully saturated rings. The third-order valence-electron chi connectivity index (χ3n) is 1.25. The number of thioether (sulfide) groups is 1. The highest BCUT2D eigenvalue weighted by Gasteiger charge is 2.33. The lowest BCUT2D eigenvalue weighted by Crippen LogP contribution is -2.21. The highest BCUT2D eigenvalue weighted by Crippen LogP contribution is 2.26. The second-order valence-corrected chi connectivity index (χ2v) is 3.36. The van der Waals surface area contributed by atoms with Gasteiger partial charge in [0.15, 0.2) is 5.44 Å². The molecule has 0 aromatic rings. The Bertz CT molecular complexity index is 243. The van der Waals surface area contributed by atoms with Crippen molar-refractivity contribution >= 4 is 23.6 Å². The molecule has 0 aromatic heterocycles. The fraction of sp³-hybridized carbons (Fsp3) is 0.667. The number of amides is 1. The van der Waals surface area contributed by atoms with Crippen molar-refractivity contribution in [3.63, 3.8) is 0 Å². The van der Waals surface area contributed by atoms with Gasteiger partial charge in [0.1, 0.15) is 0 Å². The van der Waals surface area contributed by atoms with Crippen LogP contribution in [0.15, 0.2) is 5.18 Å². The second kappa shape index (κ2) is 4.33. The van der Waals surface area contributed by atoms with Gasteiger partial charge >= 0.3 is 11.9 Å². The van der Waals surface area contributed by atoms with Crippen molar-refractivity contribution in [1.82, 2.24) is 0 Å². The van der Waals surface area contributed by atoms with Gasteiger partial charge in [0, 0.05) is 12.1 Å². The minimum atomic E-state index is -0.929. The van der Waals surface area contributed by atoms with Crippen molar-refractivity contribution in [3.8, 4) is 0 Å². The molecule has 13 heavy (non-hydrogen) atoms.